The summed E-state index contributed by atoms with van der Waals surface area (Å²) in [5.74, 6) is -0.157. The van der Waals surface area contributed by atoms with Gasteiger partial charge in [0, 0.05) is 39.6 Å². The molecule has 0 aromatic carbocycles. The van der Waals surface area contributed by atoms with Crippen LogP contribution in [0, 0.1) is 0 Å². The van der Waals surface area contributed by atoms with E-state index in [4.69, 9.17) is 0 Å². The van der Waals surface area contributed by atoms with Crippen LogP contribution in [0.25, 0.3) is 0 Å². The zero-order valence-corrected chi connectivity index (χ0v) is 10.8. The van der Waals surface area contributed by atoms with Crippen LogP contribution in [0.2, 0.25) is 0 Å². The summed E-state index contributed by atoms with van der Waals surface area (Å²) in [5.41, 5.74) is 0. The fourth-order valence-electron chi connectivity index (χ4n) is 1.90. The van der Waals surface area contributed by atoms with Gasteiger partial charge in [0.2, 0.25) is 11.8 Å². The number of piperazine rings is 1. The van der Waals surface area contributed by atoms with Crippen LogP contribution in [-0.4, -0.2) is 74.5 Å². The monoisotopic (exact) mass is 242 g/mol. The molecule has 0 bridgehead atoms. The van der Waals surface area contributed by atoms with Gasteiger partial charge in [-0.15, -0.1) is 0 Å². The van der Waals surface area contributed by atoms with Crippen LogP contribution in [0.5, 0.6) is 0 Å². The summed E-state index contributed by atoms with van der Waals surface area (Å²) in [6.45, 7) is 5.03. The molecule has 1 fully saturated rings. The van der Waals surface area contributed by atoms with E-state index < -0.39 is 6.04 Å². The number of carbonyl (C=O) groups excluding carboxylic acids is 2. The SMILES string of the molecule is CC(=O)NC(CN(C)C)C(=O)N1CCNCC1. The van der Waals surface area contributed by atoms with Gasteiger partial charge in [-0.1, -0.05) is 0 Å². The smallest absolute Gasteiger partial charge is 0.246 e. The van der Waals surface area contributed by atoms with E-state index in [0.29, 0.717) is 19.6 Å². The number of carbonyl (C=O) groups is 2. The van der Waals surface area contributed by atoms with Gasteiger partial charge in [-0.05, 0) is 14.1 Å². The van der Waals surface area contributed by atoms with Crippen LogP contribution < -0.4 is 10.6 Å². The molecule has 1 heterocycles. The second-order valence-electron chi connectivity index (χ2n) is 4.59. The summed E-state index contributed by atoms with van der Waals surface area (Å²) >= 11 is 0. The van der Waals surface area contributed by atoms with Crippen molar-refractivity contribution >= 4 is 11.8 Å². The van der Waals surface area contributed by atoms with Crippen LogP contribution >= 0.6 is 0 Å². The molecule has 6 nitrogen and oxygen atoms in total. The zero-order chi connectivity index (χ0) is 12.8. The maximum atomic E-state index is 12.2. The standard InChI is InChI=1S/C11H22N4O2/c1-9(16)13-10(8-14(2)3)11(17)15-6-4-12-5-7-15/h10,12H,4-8H2,1-3H3,(H,13,16). The van der Waals surface area contributed by atoms with Gasteiger partial charge in [0.15, 0.2) is 0 Å². The quantitative estimate of drug-likeness (QED) is 0.629. The molecule has 0 saturated carbocycles. The van der Waals surface area contributed by atoms with E-state index in [-0.39, 0.29) is 11.8 Å². The van der Waals surface area contributed by atoms with Crippen molar-refractivity contribution < 1.29 is 9.59 Å². The molecule has 17 heavy (non-hydrogen) atoms. The number of hydrogen-bond acceptors (Lipinski definition) is 4. The summed E-state index contributed by atoms with van der Waals surface area (Å²) in [7, 11) is 3.78. The molecule has 1 saturated heterocycles. The predicted molar refractivity (Wildman–Crippen MR) is 65.6 cm³/mol. The molecule has 2 amide bonds. The Hall–Kier alpha value is -1.14. The maximum absolute atomic E-state index is 12.2. The fourth-order valence-corrected chi connectivity index (χ4v) is 1.90. The lowest BCUT2D eigenvalue weighted by atomic mass is 10.2. The number of likely N-dealkylation sites (N-methyl/N-ethyl adjacent to an activating group) is 1. The molecule has 0 spiro atoms. The minimum Gasteiger partial charge on any atom is -0.343 e. The second kappa shape index (κ2) is 6.56. The highest BCUT2D eigenvalue weighted by Gasteiger charge is 2.26. The first-order chi connectivity index (χ1) is 8.00. The number of amides is 2. The Balaban J connectivity index is 2.60. The summed E-state index contributed by atoms with van der Waals surface area (Å²) in [4.78, 5) is 27.0. The second-order valence-corrected chi connectivity index (χ2v) is 4.59. The van der Waals surface area contributed by atoms with Crippen molar-refractivity contribution in [3.63, 3.8) is 0 Å². The first kappa shape index (κ1) is 13.9. The van der Waals surface area contributed by atoms with Crippen LogP contribution in [0.15, 0.2) is 0 Å². The molecular weight excluding hydrogens is 220 g/mol. The largest absolute Gasteiger partial charge is 0.343 e. The summed E-state index contributed by atoms with van der Waals surface area (Å²) in [6.07, 6.45) is 0. The van der Waals surface area contributed by atoms with Crippen LogP contribution in [0.1, 0.15) is 6.92 Å². The van der Waals surface area contributed by atoms with Gasteiger partial charge in [0.1, 0.15) is 6.04 Å². The molecule has 1 unspecified atom stereocenters. The molecular formula is C11H22N4O2. The van der Waals surface area contributed by atoms with Gasteiger partial charge in [-0.2, -0.15) is 0 Å². The lowest BCUT2D eigenvalue weighted by Crippen LogP contribution is -2.56. The third kappa shape index (κ3) is 4.70. The van der Waals surface area contributed by atoms with Gasteiger partial charge in [0.25, 0.3) is 0 Å². The molecule has 0 aromatic heterocycles. The van der Waals surface area contributed by atoms with Crippen LogP contribution in [-0.2, 0) is 9.59 Å². The first-order valence-electron chi connectivity index (χ1n) is 5.92. The van der Waals surface area contributed by atoms with E-state index >= 15 is 0 Å². The summed E-state index contributed by atoms with van der Waals surface area (Å²) in [5, 5.41) is 5.91. The van der Waals surface area contributed by atoms with Crippen molar-refractivity contribution in [1.29, 1.82) is 0 Å². The van der Waals surface area contributed by atoms with Gasteiger partial charge < -0.3 is 20.4 Å². The van der Waals surface area contributed by atoms with E-state index in [2.05, 4.69) is 10.6 Å². The summed E-state index contributed by atoms with van der Waals surface area (Å²) in [6, 6.07) is -0.444. The molecule has 1 rings (SSSR count). The van der Waals surface area contributed by atoms with Crippen LogP contribution in [0.4, 0.5) is 0 Å². The number of rotatable bonds is 4. The van der Waals surface area contributed by atoms with E-state index in [1.54, 1.807) is 4.90 Å². The Bertz CT molecular complexity index is 275. The van der Waals surface area contributed by atoms with Crippen molar-refractivity contribution in [1.82, 2.24) is 20.4 Å². The minimum atomic E-state index is -0.444. The number of nitrogens with zero attached hydrogens (tertiary/aromatic N) is 2. The highest BCUT2D eigenvalue weighted by atomic mass is 16.2. The van der Waals surface area contributed by atoms with E-state index in [9.17, 15) is 9.59 Å². The number of hydrogen-bond donors (Lipinski definition) is 2. The van der Waals surface area contributed by atoms with Crippen molar-refractivity contribution in [3.8, 4) is 0 Å². The van der Waals surface area contributed by atoms with Gasteiger partial charge in [-0.25, -0.2) is 0 Å². The molecule has 98 valence electrons. The van der Waals surface area contributed by atoms with Crippen molar-refractivity contribution in [2.45, 2.75) is 13.0 Å². The third-order valence-corrected chi connectivity index (χ3v) is 2.65. The first-order valence-corrected chi connectivity index (χ1v) is 5.92. The normalized spacial score (nSPS) is 18.0. The van der Waals surface area contributed by atoms with Crippen molar-refractivity contribution in [2.24, 2.45) is 0 Å². The van der Waals surface area contributed by atoms with Gasteiger partial charge in [-0.3, -0.25) is 9.59 Å². The Morgan fingerprint density at radius 3 is 2.41 bits per heavy atom. The highest BCUT2D eigenvalue weighted by molar-refractivity contribution is 5.87. The Labute approximate surface area is 102 Å². The summed E-state index contributed by atoms with van der Waals surface area (Å²) < 4.78 is 0. The van der Waals surface area contributed by atoms with Crippen LogP contribution in [0.3, 0.4) is 0 Å². The minimum absolute atomic E-state index is 0.00963. The lowest BCUT2D eigenvalue weighted by Gasteiger charge is -2.32. The zero-order valence-electron chi connectivity index (χ0n) is 10.8. The third-order valence-electron chi connectivity index (χ3n) is 2.65. The van der Waals surface area contributed by atoms with E-state index in [0.717, 1.165) is 13.1 Å². The molecule has 0 radical (unpaired) electrons. The fraction of sp³-hybridized carbons (Fsp3) is 0.818. The molecule has 0 aliphatic carbocycles. The van der Waals surface area contributed by atoms with Crippen molar-refractivity contribution in [3.05, 3.63) is 0 Å². The molecule has 0 aromatic rings. The van der Waals surface area contributed by atoms with Crippen molar-refractivity contribution in [2.75, 3.05) is 46.8 Å². The average molecular weight is 242 g/mol. The molecule has 1 aliphatic rings. The highest BCUT2D eigenvalue weighted by Crippen LogP contribution is 1.99. The van der Waals surface area contributed by atoms with Gasteiger partial charge in [0.05, 0.1) is 0 Å². The molecule has 2 N–H and O–H groups in total. The maximum Gasteiger partial charge on any atom is 0.246 e. The Morgan fingerprint density at radius 1 is 1.35 bits per heavy atom. The Morgan fingerprint density at radius 2 is 1.94 bits per heavy atom. The van der Waals surface area contributed by atoms with Gasteiger partial charge >= 0.3 is 0 Å². The lowest BCUT2D eigenvalue weighted by molar-refractivity contribution is -0.137. The molecule has 1 atom stereocenters. The molecule has 6 heteroatoms. The average Bonchev–Trinajstić information content (AvgIpc) is 2.27. The Kier molecular flexibility index (Phi) is 5.37. The molecule has 1 aliphatic heterocycles. The predicted octanol–water partition coefficient (Wildman–Crippen LogP) is -1.52. The van der Waals surface area contributed by atoms with E-state index in [1.165, 1.54) is 6.92 Å². The topological polar surface area (TPSA) is 64.7 Å². The van der Waals surface area contributed by atoms with E-state index in [1.807, 2.05) is 19.0 Å². The number of nitrogens with one attached hydrogen (secondary N) is 2.